The quantitative estimate of drug-likeness (QED) is 0.722. The van der Waals surface area contributed by atoms with Crippen molar-refractivity contribution in [2.45, 2.75) is 12.7 Å². The van der Waals surface area contributed by atoms with Gasteiger partial charge >= 0.3 is 12.1 Å². The molecule has 1 aromatic heterocycles. The van der Waals surface area contributed by atoms with E-state index in [9.17, 15) is 22.8 Å². The summed E-state index contributed by atoms with van der Waals surface area (Å²) < 4.78 is 41.6. The molecule has 2 aromatic rings. The van der Waals surface area contributed by atoms with Gasteiger partial charge in [0.05, 0.1) is 6.54 Å². The van der Waals surface area contributed by atoms with Gasteiger partial charge in [-0.05, 0) is 19.7 Å². The van der Waals surface area contributed by atoms with Gasteiger partial charge in [0.25, 0.3) is 5.91 Å². The zero-order valence-electron chi connectivity index (χ0n) is 14.4. The van der Waals surface area contributed by atoms with Crippen molar-refractivity contribution in [3.63, 3.8) is 0 Å². The van der Waals surface area contributed by atoms with E-state index in [1.54, 1.807) is 31.1 Å². The minimum atomic E-state index is -4.70. The van der Waals surface area contributed by atoms with Crippen LogP contribution >= 0.6 is 0 Å². The molecule has 0 saturated heterocycles. The van der Waals surface area contributed by atoms with Crippen LogP contribution in [0.5, 0.6) is 0 Å². The molecule has 0 aliphatic rings. The van der Waals surface area contributed by atoms with E-state index in [0.717, 1.165) is 0 Å². The zero-order valence-corrected chi connectivity index (χ0v) is 14.4. The van der Waals surface area contributed by atoms with E-state index in [0.29, 0.717) is 11.1 Å². The third-order valence-electron chi connectivity index (χ3n) is 3.35. The van der Waals surface area contributed by atoms with E-state index in [2.05, 4.69) is 14.7 Å². The number of ketones is 1. The number of likely N-dealkylation sites (N-methyl/N-ethyl adjacent to an activating group) is 2. The fourth-order valence-electron chi connectivity index (χ4n) is 2.13. The van der Waals surface area contributed by atoms with Crippen LogP contribution in [-0.4, -0.2) is 59.3 Å². The zero-order chi connectivity index (χ0) is 19.5. The van der Waals surface area contributed by atoms with Crippen LogP contribution in [0.3, 0.4) is 0 Å². The average Bonchev–Trinajstić information content (AvgIpc) is 3.04. The fraction of sp³-hybridized carbons (Fsp3) is 0.375. The summed E-state index contributed by atoms with van der Waals surface area (Å²) >= 11 is 0. The highest BCUT2D eigenvalue weighted by Crippen LogP contribution is 2.29. The molecule has 1 heterocycles. The first kappa shape index (κ1) is 19.6. The van der Waals surface area contributed by atoms with Gasteiger partial charge in [-0.2, -0.15) is 18.2 Å². The van der Waals surface area contributed by atoms with E-state index in [1.165, 1.54) is 24.1 Å². The molecule has 0 radical (unpaired) electrons. The minimum Gasteiger partial charge on any atom is -0.335 e. The van der Waals surface area contributed by atoms with Crippen LogP contribution in [0.25, 0.3) is 11.4 Å². The topological polar surface area (TPSA) is 79.5 Å². The Morgan fingerprint density at radius 2 is 1.73 bits per heavy atom. The van der Waals surface area contributed by atoms with Gasteiger partial charge in [-0.1, -0.05) is 29.4 Å². The van der Waals surface area contributed by atoms with E-state index in [-0.39, 0.29) is 18.9 Å². The number of rotatable bonds is 6. The van der Waals surface area contributed by atoms with E-state index in [4.69, 9.17) is 0 Å². The van der Waals surface area contributed by atoms with Crippen LogP contribution < -0.4 is 0 Å². The lowest BCUT2D eigenvalue weighted by Gasteiger charge is -2.17. The second kappa shape index (κ2) is 7.65. The largest absolute Gasteiger partial charge is 0.471 e. The van der Waals surface area contributed by atoms with Crippen LogP contribution in [0.1, 0.15) is 11.5 Å². The summed E-state index contributed by atoms with van der Waals surface area (Å²) in [5.74, 6) is -2.74. The van der Waals surface area contributed by atoms with Gasteiger partial charge in [0.1, 0.15) is 0 Å². The van der Waals surface area contributed by atoms with Crippen LogP contribution in [0.15, 0.2) is 28.8 Å². The predicted octanol–water partition coefficient (Wildman–Crippen LogP) is 1.84. The lowest BCUT2D eigenvalue weighted by Crippen LogP contribution is -2.37. The van der Waals surface area contributed by atoms with Crippen molar-refractivity contribution in [2.75, 3.05) is 27.7 Å². The Bertz CT molecular complexity index is 785. The Labute approximate surface area is 147 Å². The van der Waals surface area contributed by atoms with Crippen molar-refractivity contribution in [1.82, 2.24) is 19.9 Å². The first-order chi connectivity index (χ1) is 12.1. The molecule has 10 heteroatoms. The minimum absolute atomic E-state index is 0.0154. The SMILES string of the molecule is CN(C)CC(=O)C(=O)N(C)Cc1ccc(-c2noc(C(F)(F)F)n2)cc1. The van der Waals surface area contributed by atoms with Crippen LogP contribution in [0.4, 0.5) is 13.2 Å². The summed E-state index contributed by atoms with van der Waals surface area (Å²) in [5.41, 5.74) is 1.03. The summed E-state index contributed by atoms with van der Waals surface area (Å²) in [6, 6.07) is 6.25. The van der Waals surface area contributed by atoms with Gasteiger partial charge in [-0.25, -0.2) is 0 Å². The molecule has 0 spiro atoms. The lowest BCUT2D eigenvalue weighted by molar-refractivity contribution is -0.159. The Kier molecular flexibility index (Phi) is 5.76. The summed E-state index contributed by atoms with van der Waals surface area (Å²) in [7, 11) is 4.87. The molecule has 0 aliphatic heterocycles. The lowest BCUT2D eigenvalue weighted by atomic mass is 10.1. The molecule has 2 rings (SSSR count). The Morgan fingerprint density at radius 3 is 2.23 bits per heavy atom. The number of Topliss-reactive ketones (excluding diaryl/α,β-unsaturated/α-hetero) is 1. The van der Waals surface area contributed by atoms with Gasteiger partial charge in [-0.3, -0.25) is 9.59 Å². The van der Waals surface area contributed by atoms with Gasteiger partial charge in [0.2, 0.25) is 11.6 Å². The molecule has 140 valence electrons. The number of carbonyl (C=O) groups excluding carboxylic acids is 2. The first-order valence-electron chi connectivity index (χ1n) is 7.51. The maximum absolute atomic E-state index is 12.5. The molecule has 0 fully saturated rings. The van der Waals surface area contributed by atoms with Crippen molar-refractivity contribution in [3.8, 4) is 11.4 Å². The molecule has 1 aromatic carbocycles. The number of amides is 1. The molecule has 0 aliphatic carbocycles. The number of halogens is 3. The maximum Gasteiger partial charge on any atom is 0.471 e. The summed E-state index contributed by atoms with van der Waals surface area (Å²) in [6.07, 6.45) is -4.70. The molecule has 1 amide bonds. The maximum atomic E-state index is 12.5. The highest BCUT2D eigenvalue weighted by molar-refractivity contribution is 6.36. The number of nitrogens with zero attached hydrogens (tertiary/aromatic N) is 4. The van der Waals surface area contributed by atoms with Crippen molar-refractivity contribution in [1.29, 1.82) is 0 Å². The van der Waals surface area contributed by atoms with E-state index in [1.807, 2.05) is 0 Å². The monoisotopic (exact) mass is 370 g/mol. The molecular weight excluding hydrogens is 353 g/mol. The normalized spacial score (nSPS) is 11.7. The smallest absolute Gasteiger partial charge is 0.335 e. The number of aromatic nitrogens is 2. The highest BCUT2D eigenvalue weighted by atomic mass is 19.4. The third-order valence-corrected chi connectivity index (χ3v) is 3.35. The molecule has 26 heavy (non-hydrogen) atoms. The van der Waals surface area contributed by atoms with Crippen LogP contribution in [-0.2, 0) is 22.3 Å². The number of benzene rings is 1. The Balaban J connectivity index is 2.04. The number of alkyl halides is 3. The van der Waals surface area contributed by atoms with Crippen LogP contribution in [0, 0.1) is 0 Å². The number of hydrogen-bond donors (Lipinski definition) is 0. The van der Waals surface area contributed by atoms with Crippen molar-refractivity contribution < 1.29 is 27.3 Å². The van der Waals surface area contributed by atoms with Gasteiger partial charge in [-0.15, -0.1) is 0 Å². The number of carbonyl (C=O) groups is 2. The summed E-state index contributed by atoms with van der Waals surface area (Å²) in [6.45, 7) is 0.194. The van der Waals surface area contributed by atoms with Gasteiger partial charge < -0.3 is 14.3 Å². The standard InChI is InChI=1S/C16H17F3N4O3/c1-22(2)9-12(24)14(25)23(3)8-10-4-6-11(7-5-10)13-20-15(26-21-13)16(17,18)19/h4-7H,8-9H2,1-3H3. The van der Waals surface area contributed by atoms with Crippen molar-refractivity contribution in [2.24, 2.45) is 0 Å². The van der Waals surface area contributed by atoms with E-state index >= 15 is 0 Å². The third kappa shape index (κ3) is 4.88. The molecule has 7 nitrogen and oxygen atoms in total. The van der Waals surface area contributed by atoms with Crippen molar-refractivity contribution >= 4 is 11.7 Å². The summed E-state index contributed by atoms with van der Waals surface area (Å²) in [5, 5.41) is 3.30. The van der Waals surface area contributed by atoms with Gasteiger partial charge in [0.15, 0.2) is 0 Å². The second-order valence-electron chi connectivity index (χ2n) is 5.94. The Morgan fingerprint density at radius 1 is 1.12 bits per heavy atom. The first-order valence-corrected chi connectivity index (χ1v) is 7.51. The summed E-state index contributed by atoms with van der Waals surface area (Å²) in [4.78, 5) is 29.9. The molecule has 0 saturated carbocycles. The van der Waals surface area contributed by atoms with E-state index < -0.39 is 23.8 Å². The average molecular weight is 370 g/mol. The Hall–Kier alpha value is -2.75. The molecule has 0 N–H and O–H groups in total. The molecule has 0 unspecified atom stereocenters. The molecular formula is C16H17F3N4O3. The van der Waals surface area contributed by atoms with Gasteiger partial charge in [0, 0.05) is 19.2 Å². The number of hydrogen-bond acceptors (Lipinski definition) is 6. The molecule has 0 bridgehead atoms. The van der Waals surface area contributed by atoms with Crippen LogP contribution in [0.2, 0.25) is 0 Å². The molecule has 0 atom stereocenters. The highest BCUT2D eigenvalue weighted by Gasteiger charge is 2.38. The predicted molar refractivity (Wildman–Crippen MR) is 84.8 cm³/mol. The second-order valence-corrected chi connectivity index (χ2v) is 5.94. The fourth-order valence-corrected chi connectivity index (χ4v) is 2.13. The van der Waals surface area contributed by atoms with Crippen molar-refractivity contribution in [3.05, 3.63) is 35.7 Å².